The number of halogens is 2. The van der Waals surface area contributed by atoms with E-state index in [-0.39, 0.29) is 0 Å². The molecule has 0 fully saturated rings. The number of benzene rings is 1. The molecule has 0 spiro atoms. The zero-order chi connectivity index (χ0) is 20.0. The van der Waals surface area contributed by atoms with E-state index in [9.17, 15) is 18.5 Å². The zero-order valence-electron chi connectivity index (χ0n) is 14.5. The van der Waals surface area contributed by atoms with Crippen LogP contribution < -0.4 is 9.21 Å². The Kier molecular flexibility index (Phi) is 7.28. The summed E-state index contributed by atoms with van der Waals surface area (Å²) in [4.78, 5) is 15.7. The predicted octanol–water partition coefficient (Wildman–Crippen LogP) is 2.50. The van der Waals surface area contributed by atoms with Crippen molar-refractivity contribution in [3.8, 4) is 0 Å². The van der Waals surface area contributed by atoms with E-state index in [1.165, 1.54) is 19.4 Å². The summed E-state index contributed by atoms with van der Waals surface area (Å²) in [6.07, 6.45) is 2.44. The fourth-order valence-corrected chi connectivity index (χ4v) is 4.02. The van der Waals surface area contributed by atoms with Crippen LogP contribution in [0.2, 0.25) is 0 Å². The van der Waals surface area contributed by atoms with Crippen molar-refractivity contribution in [2.24, 2.45) is 0 Å². The van der Waals surface area contributed by atoms with Gasteiger partial charge in [-0.05, 0) is 29.2 Å². The van der Waals surface area contributed by atoms with Crippen LogP contribution in [0.1, 0.15) is 0 Å². The first-order chi connectivity index (χ1) is 12.8. The molecule has 0 aliphatic carbocycles. The van der Waals surface area contributed by atoms with Crippen LogP contribution in [0.4, 0.5) is 17.3 Å². The normalized spacial score (nSPS) is 11.4. The standard InChI is InChI=1S/C15H19Cl2N5O4S/c1-19(27(25,26)12-21-11-8-18-15(21)22(23)24)13-2-4-14(5-3-13)20(9-6-16)10-7-17/h2-5,8,11H,6-7,9-10,12H2,1H3. The maximum absolute atomic E-state index is 12.6. The lowest BCUT2D eigenvalue weighted by molar-refractivity contribution is -0.396. The Hall–Kier alpha value is -2.04. The topological polar surface area (TPSA) is 102 Å². The molecule has 0 saturated heterocycles. The van der Waals surface area contributed by atoms with E-state index in [0.717, 1.165) is 14.6 Å². The second-order valence-corrected chi connectivity index (χ2v) is 8.27. The molecule has 27 heavy (non-hydrogen) atoms. The second-order valence-electron chi connectivity index (χ2n) is 5.54. The number of anilines is 2. The van der Waals surface area contributed by atoms with Gasteiger partial charge in [-0.1, -0.05) is 4.98 Å². The third-order valence-electron chi connectivity index (χ3n) is 3.86. The highest BCUT2D eigenvalue weighted by Gasteiger charge is 2.25. The van der Waals surface area contributed by atoms with E-state index in [0.29, 0.717) is 30.5 Å². The number of alkyl halides is 2. The van der Waals surface area contributed by atoms with Gasteiger partial charge in [0.05, 0.1) is 5.69 Å². The van der Waals surface area contributed by atoms with Crippen LogP contribution in [0, 0.1) is 10.1 Å². The molecule has 2 rings (SSSR count). The average Bonchev–Trinajstić information content (AvgIpc) is 3.09. The highest BCUT2D eigenvalue weighted by molar-refractivity contribution is 7.91. The molecule has 1 aromatic carbocycles. The fraction of sp³-hybridized carbons (Fsp3) is 0.400. The van der Waals surface area contributed by atoms with Gasteiger partial charge in [0.1, 0.15) is 12.4 Å². The quantitative estimate of drug-likeness (QED) is 0.322. The molecule has 0 N–H and O–H groups in total. The molecule has 0 saturated carbocycles. The minimum atomic E-state index is -3.85. The van der Waals surface area contributed by atoms with Crippen molar-refractivity contribution >= 4 is 50.5 Å². The maximum atomic E-state index is 12.6. The molecule has 0 atom stereocenters. The van der Waals surface area contributed by atoms with Gasteiger partial charge in [-0.3, -0.25) is 4.31 Å². The zero-order valence-corrected chi connectivity index (χ0v) is 16.9. The number of aromatic nitrogens is 2. The Morgan fingerprint density at radius 3 is 2.22 bits per heavy atom. The molecular formula is C15H19Cl2N5O4S. The Balaban J connectivity index is 2.19. The minimum absolute atomic E-state index is 0.429. The smallest absolute Gasteiger partial charge is 0.390 e. The van der Waals surface area contributed by atoms with Gasteiger partial charge >= 0.3 is 5.95 Å². The second kappa shape index (κ2) is 9.25. The highest BCUT2D eigenvalue weighted by Crippen LogP contribution is 2.23. The van der Waals surface area contributed by atoms with Crippen molar-refractivity contribution in [1.82, 2.24) is 9.55 Å². The largest absolute Gasteiger partial charge is 0.435 e. The summed E-state index contributed by atoms with van der Waals surface area (Å²) >= 11 is 11.6. The number of hydrogen-bond donors (Lipinski definition) is 0. The summed E-state index contributed by atoms with van der Waals surface area (Å²) in [7, 11) is -2.46. The summed E-state index contributed by atoms with van der Waals surface area (Å²) < 4.78 is 27.3. The number of sulfonamides is 1. The van der Waals surface area contributed by atoms with Gasteiger partial charge in [0.25, 0.3) is 10.0 Å². The minimum Gasteiger partial charge on any atom is -0.390 e. The fourth-order valence-electron chi connectivity index (χ4n) is 2.44. The van der Waals surface area contributed by atoms with E-state index < -0.39 is 26.8 Å². The molecule has 0 radical (unpaired) electrons. The van der Waals surface area contributed by atoms with E-state index in [1.54, 1.807) is 24.3 Å². The van der Waals surface area contributed by atoms with Crippen LogP contribution >= 0.6 is 23.2 Å². The number of rotatable bonds is 10. The van der Waals surface area contributed by atoms with E-state index in [4.69, 9.17) is 23.2 Å². The van der Waals surface area contributed by atoms with Gasteiger partial charge in [-0.15, -0.1) is 23.2 Å². The molecule has 12 heteroatoms. The van der Waals surface area contributed by atoms with Crippen molar-refractivity contribution in [2.45, 2.75) is 5.88 Å². The average molecular weight is 436 g/mol. The first kappa shape index (κ1) is 21.3. The summed E-state index contributed by atoms with van der Waals surface area (Å²) in [6, 6.07) is 6.87. The first-order valence-electron chi connectivity index (χ1n) is 7.89. The van der Waals surface area contributed by atoms with Gasteiger partial charge < -0.3 is 15.0 Å². The summed E-state index contributed by atoms with van der Waals surface area (Å²) in [5, 5.41) is 10.9. The molecule has 9 nitrogen and oxygen atoms in total. The molecule has 0 aliphatic rings. The lowest BCUT2D eigenvalue weighted by Crippen LogP contribution is -2.30. The molecule has 0 bridgehead atoms. The number of nitro groups is 1. The summed E-state index contributed by atoms with van der Waals surface area (Å²) in [5.41, 5.74) is 1.30. The van der Waals surface area contributed by atoms with Crippen LogP contribution in [0.25, 0.3) is 0 Å². The number of hydrogen-bond acceptors (Lipinski definition) is 6. The summed E-state index contributed by atoms with van der Waals surface area (Å²) in [5.74, 6) is -0.237. The van der Waals surface area contributed by atoms with Crippen molar-refractivity contribution in [1.29, 1.82) is 0 Å². The molecule has 1 heterocycles. The van der Waals surface area contributed by atoms with Crippen LogP contribution in [0.15, 0.2) is 36.7 Å². The maximum Gasteiger partial charge on any atom is 0.435 e. The first-order valence-corrected chi connectivity index (χ1v) is 10.6. The van der Waals surface area contributed by atoms with E-state index in [1.807, 2.05) is 4.90 Å². The molecule has 0 aliphatic heterocycles. The Morgan fingerprint density at radius 1 is 1.15 bits per heavy atom. The van der Waals surface area contributed by atoms with Gasteiger partial charge in [-0.25, -0.2) is 13.0 Å². The van der Waals surface area contributed by atoms with Crippen molar-refractivity contribution in [2.75, 3.05) is 41.1 Å². The van der Waals surface area contributed by atoms with Crippen molar-refractivity contribution < 1.29 is 13.3 Å². The lowest BCUT2D eigenvalue weighted by Gasteiger charge is -2.24. The number of imidazole rings is 1. The molecular weight excluding hydrogens is 417 g/mol. The number of nitrogens with zero attached hydrogens (tertiary/aromatic N) is 5. The van der Waals surface area contributed by atoms with Crippen LogP contribution in [0.5, 0.6) is 0 Å². The third-order valence-corrected chi connectivity index (χ3v) is 5.85. The van der Waals surface area contributed by atoms with Gasteiger partial charge in [0, 0.05) is 37.6 Å². The Labute approximate surface area is 167 Å². The molecule has 1 aromatic heterocycles. The van der Waals surface area contributed by atoms with E-state index in [2.05, 4.69) is 4.98 Å². The van der Waals surface area contributed by atoms with Crippen LogP contribution in [-0.2, 0) is 15.9 Å². The molecule has 0 unspecified atom stereocenters. The third kappa shape index (κ3) is 5.24. The lowest BCUT2D eigenvalue weighted by atomic mass is 10.2. The van der Waals surface area contributed by atoms with E-state index >= 15 is 0 Å². The van der Waals surface area contributed by atoms with Crippen molar-refractivity contribution in [3.05, 3.63) is 46.8 Å². The molecule has 0 amide bonds. The van der Waals surface area contributed by atoms with Gasteiger partial charge in [0.2, 0.25) is 0 Å². The molecule has 2 aromatic rings. The molecule has 148 valence electrons. The van der Waals surface area contributed by atoms with Crippen LogP contribution in [-0.4, -0.2) is 54.8 Å². The van der Waals surface area contributed by atoms with Gasteiger partial charge in [0.15, 0.2) is 5.88 Å². The SMILES string of the molecule is CN(c1ccc(N(CCCl)CCCl)cc1)S(=O)(=O)Cn1ccnc1[N+](=O)[O-]. The predicted molar refractivity (Wildman–Crippen MR) is 106 cm³/mol. The Morgan fingerprint density at radius 2 is 1.70 bits per heavy atom. The summed E-state index contributed by atoms with van der Waals surface area (Å²) in [6.45, 7) is 1.23. The van der Waals surface area contributed by atoms with Crippen LogP contribution in [0.3, 0.4) is 0 Å². The highest BCUT2D eigenvalue weighted by atomic mass is 35.5. The van der Waals surface area contributed by atoms with Crippen molar-refractivity contribution in [3.63, 3.8) is 0 Å². The van der Waals surface area contributed by atoms with Gasteiger partial charge in [-0.2, -0.15) is 0 Å². The Bertz CT molecular complexity index is 867. The monoisotopic (exact) mass is 435 g/mol.